The van der Waals surface area contributed by atoms with E-state index in [4.69, 9.17) is 4.74 Å². The fourth-order valence-electron chi connectivity index (χ4n) is 2.87. The number of H-pyrrole nitrogens is 1. The molecule has 0 saturated carbocycles. The summed E-state index contributed by atoms with van der Waals surface area (Å²) in [5.41, 5.74) is 3.22. The van der Waals surface area contributed by atoms with Crippen LogP contribution in [-0.4, -0.2) is 28.8 Å². The summed E-state index contributed by atoms with van der Waals surface area (Å²) in [6.45, 7) is 7.62. The molecule has 0 bridgehead atoms. The number of para-hydroxylation sites is 1. The van der Waals surface area contributed by atoms with Gasteiger partial charge in [-0.1, -0.05) is 32.0 Å². The number of amides is 1. The number of nitrogens with zero attached hydrogens (tertiary/aromatic N) is 1. The third kappa shape index (κ3) is 3.43. The number of anilines is 1. The van der Waals surface area contributed by atoms with Gasteiger partial charge in [0.25, 0.3) is 5.91 Å². The minimum absolute atomic E-state index is 0.193. The topological polar surface area (TPSA) is 79.0 Å². The van der Waals surface area contributed by atoms with Crippen molar-refractivity contribution in [2.24, 2.45) is 0 Å². The van der Waals surface area contributed by atoms with Gasteiger partial charge in [0.2, 0.25) is 0 Å². The molecule has 2 heterocycles. The van der Waals surface area contributed by atoms with Crippen molar-refractivity contribution in [1.29, 1.82) is 0 Å². The molecule has 1 atom stereocenters. The maximum absolute atomic E-state index is 12.5. The van der Waals surface area contributed by atoms with Gasteiger partial charge in [0.1, 0.15) is 5.75 Å². The normalized spacial score (nSPS) is 15.0. The van der Waals surface area contributed by atoms with Crippen molar-refractivity contribution in [3.05, 3.63) is 41.1 Å². The van der Waals surface area contributed by atoms with E-state index in [1.54, 1.807) is 6.92 Å². The molecule has 24 heavy (non-hydrogen) atoms. The van der Waals surface area contributed by atoms with E-state index in [1.165, 1.54) is 0 Å². The van der Waals surface area contributed by atoms with Gasteiger partial charge in [-0.25, -0.2) is 0 Å². The predicted molar refractivity (Wildman–Crippen MR) is 93.2 cm³/mol. The van der Waals surface area contributed by atoms with Crippen LogP contribution < -0.4 is 15.4 Å². The Morgan fingerprint density at radius 1 is 1.29 bits per heavy atom. The number of hydrogen-bond donors (Lipinski definition) is 3. The van der Waals surface area contributed by atoms with Gasteiger partial charge in [-0.05, 0) is 37.4 Å². The molecular weight excluding hydrogens is 304 g/mol. The van der Waals surface area contributed by atoms with Crippen molar-refractivity contribution < 1.29 is 9.53 Å². The fraction of sp³-hybridized carbons (Fsp3) is 0.444. The smallest absolute Gasteiger partial charge is 0.266 e. The summed E-state index contributed by atoms with van der Waals surface area (Å²) in [5, 5.41) is 13.4. The molecule has 0 spiro atoms. The molecule has 1 aliphatic heterocycles. The van der Waals surface area contributed by atoms with Crippen LogP contribution in [0.5, 0.6) is 5.75 Å². The van der Waals surface area contributed by atoms with Gasteiger partial charge < -0.3 is 15.4 Å². The van der Waals surface area contributed by atoms with Gasteiger partial charge in [-0.3, -0.25) is 9.89 Å². The first kappa shape index (κ1) is 16.5. The number of aromatic nitrogens is 2. The molecule has 0 saturated heterocycles. The zero-order valence-electron chi connectivity index (χ0n) is 14.3. The number of ether oxygens (including phenoxy) is 1. The lowest BCUT2D eigenvalue weighted by molar-refractivity contribution is -0.122. The number of rotatable bonds is 5. The van der Waals surface area contributed by atoms with Crippen molar-refractivity contribution in [2.45, 2.75) is 45.8 Å². The Morgan fingerprint density at radius 2 is 2.08 bits per heavy atom. The molecule has 1 unspecified atom stereocenters. The largest absolute Gasteiger partial charge is 0.481 e. The third-order valence-corrected chi connectivity index (χ3v) is 4.26. The SMILES string of the molecule is CC(Oc1ccccc1C(C)C)C(=O)Nc1n[nH]c2c1CCNC2. The maximum atomic E-state index is 12.5. The zero-order valence-corrected chi connectivity index (χ0v) is 14.3. The standard InChI is InChI=1S/C18H24N4O2/c1-11(2)13-6-4-5-7-16(13)24-12(3)18(23)20-17-14-8-9-19-10-15(14)21-22-17/h4-7,11-12,19H,8-10H2,1-3H3,(H2,20,21,22,23). The maximum Gasteiger partial charge on any atom is 0.266 e. The molecule has 6 nitrogen and oxygen atoms in total. The molecule has 1 aliphatic rings. The number of benzene rings is 1. The quantitative estimate of drug-likeness (QED) is 0.788. The van der Waals surface area contributed by atoms with Crippen LogP contribution in [0.25, 0.3) is 0 Å². The van der Waals surface area contributed by atoms with Crippen LogP contribution in [-0.2, 0) is 17.8 Å². The second-order valence-corrected chi connectivity index (χ2v) is 6.40. The first-order chi connectivity index (χ1) is 11.6. The van der Waals surface area contributed by atoms with Crippen LogP contribution in [0.4, 0.5) is 5.82 Å². The molecule has 2 aromatic rings. The van der Waals surface area contributed by atoms with Crippen molar-refractivity contribution >= 4 is 11.7 Å². The monoisotopic (exact) mass is 328 g/mol. The second kappa shape index (κ2) is 7.05. The van der Waals surface area contributed by atoms with Gasteiger partial charge >= 0.3 is 0 Å². The van der Waals surface area contributed by atoms with Crippen LogP contribution in [0, 0.1) is 0 Å². The number of aromatic amines is 1. The Kier molecular flexibility index (Phi) is 4.85. The van der Waals surface area contributed by atoms with Crippen molar-refractivity contribution in [3.8, 4) is 5.75 Å². The van der Waals surface area contributed by atoms with Crippen LogP contribution >= 0.6 is 0 Å². The van der Waals surface area contributed by atoms with E-state index in [0.29, 0.717) is 11.7 Å². The minimum atomic E-state index is -0.598. The molecule has 0 aliphatic carbocycles. The zero-order chi connectivity index (χ0) is 17.1. The lowest BCUT2D eigenvalue weighted by Crippen LogP contribution is -2.31. The Balaban J connectivity index is 1.68. The van der Waals surface area contributed by atoms with Gasteiger partial charge in [-0.2, -0.15) is 5.10 Å². The lowest BCUT2D eigenvalue weighted by atomic mass is 10.0. The van der Waals surface area contributed by atoms with E-state index in [2.05, 4.69) is 34.7 Å². The van der Waals surface area contributed by atoms with E-state index in [1.807, 2.05) is 24.3 Å². The predicted octanol–water partition coefficient (Wildman–Crippen LogP) is 2.58. The van der Waals surface area contributed by atoms with Gasteiger partial charge in [-0.15, -0.1) is 0 Å². The molecular formula is C18H24N4O2. The fourth-order valence-corrected chi connectivity index (χ4v) is 2.87. The Bertz CT molecular complexity index is 724. The van der Waals surface area contributed by atoms with E-state index < -0.39 is 6.10 Å². The van der Waals surface area contributed by atoms with Crippen LogP contribution in [0.2, 0.25) is 0 Å². The average Bonchev–Trinajstić information content (AvgIpc) is 2.98. The van der Waals surface area contributed by atoms with Crippen LogP contribution in [0.1, 0.15) is 43.5 Å². The Labute approximate surface area is 142 Å². The Hall–Kier alpha value is -2.34. The summed E-state index contributed by atoms with van der Waals surface area (Å²) in [4.78, 5) is 12.5. The number of carbonyl (C=O) groups is 1. The molecule has 1 amide bonds. The van der Waals surface area contributed by atoms with E-state index in [9.17, 15) is 4.79 Å². The molecule has 6 heteroatoms. The number of hydrogen-bond acceptors (Lipinski definition) is 4. The molecule has 3 N–H and O–H groups in total. The number of nitrogens with one attached hydrogen (secondary N) is 3. The molecule has 3 rings (SSSR count). The summed E-state index contributed by atoms with van der Waals surface area (Å²) >= 11 is 0. The highest BCUT2D eigenvalue weighted by Crippen LogP contribution is 2.27. The Morgan fingerprint density at radius 3 is 2.88 bits per heavy atom. The number of carbonyl (C=O) groups excluding carboxylic acids is 1. The first-order valence-corrected chi connectivity index (χ1v) is 8.39. The highest BCUT2D eigenvalue weighted by Gasteiger charge is 2.22. The summed E-state index contributed by atoms with van der Waals surface area (Å²) in [6.07, 6.45) is 0.256. The molecule has 0 fully saturated rings. The second-order valence-electron chi connectivity index (χ2n) is 6.40. The molecule has 0 radical (unpaired) electrons. The average molecular weight is 328 g/mol. The van der Waals surface area contributed by atoms with Gasteiger partial charge in [0.05, 0.1) is 5.69 Å². The van der Waals surface area contributed by atoms with Crippen molar-refractivity contribution in [1.82, 2.24) is 15.5 Å². The molecule has 128 valence electrons. The van der Waals surface area contributed by atoms with E-state index >= 15 is 0 Å². The van der Waals surface area contributed by atoms with Crippen LogP contribution in [0.3, 0.4) is 0 Å². The summed E-state index contributed by atoms with van der Waals surface area (Å²) in [6, 6.07) is 7.84. The summed E-state index contributed by atoms with van der Waals surface area (Å²) in [7, 11) is 0. The highest BCUT2D eigenvalue weighted by atomic mass is 16.5. The van der Waals surface area contributed by atoms with E-state index in [-0.39, 0.29) is 5.91 Å². The van der Waals surface area contributed by atoms with Gasteiger partial charge in [0, 0.05) is 12.1 Å². The summed E-state index contributed by atoms with van der Waals surface area (Å²) < 4.78 is 5.90. The first-order valence-electron chi connectivity index (χ1n) is 8.39. The van der Waals surface area contributed by atoms with Crippen molar-refractivity contribution in [3.63, 3.8) is 0 Å². The van der Waals surface area contributed by atoms with Gasteiger partial charge in [0.15, 0.2) is 11.9 Å². The molecule has 1 aromatic heterocycles. The molecule has 1 aromatic carbocycles. The minimum Gasteiger partial charge on any atom is -0.481 e. The van der Waals surface area contributed by atoms with Crippen molar-refractivity contribution in [2.75, 3.05) is 11.9 Å². The summed E-state index contributed by atoms with van der Waals surface area (Å²) in [5.74, 6) is 1.51. The lowest BCUT2D eigenvalue weighted by Gasteiger charge is -2.19. The van der Waals surface area contributed by atoms with Crippen LogP contribution in [0.15, 0.2) is 24.3 Å². The van der Waals surface area contributed by atoms with E-state index in [0.717, 1.165) is 42.1 Å². The number of fused-ring (bicyclic) bond motifs is 1. The highest BCUT2D eigenvalue weighted by molar-refractivity contribution is 5.94. The third-order valence-electron chi connectivity index (χ3n) is 4.26.